The summed E-state index contributed by atoms with van der Waals surface area (Å²) in [5, 5.41) is 3.74. The van der Waals surface area contributed by atoms with Crippen molar-refractivity contribution < 1.29 is 0 Å². The predicted octanol–water partition coefficient (Wildman–Crippen LogP) is 4.91. The van der Waals surface area contributed by atoms with E-state index in [1.165, 1.54) is 70.6 Å². The van der Waals surface area contributed by atoms with Crippen LogP contribution >= 0.6 is 0 Å². The van der Waals surface area contributed by atoms with Crippen LogP contribution in [0.3, 0.4) is 0 Å². The zero-order valence-corrected chi connectivity index (χ0v) is 12.1. The van der Waals surface area contributed by atoms with Gasteiger partial charge in [0, 0.05) is 6.04 Å². The van der Waals surface area contributed by atoms with Crippen molar-refractivity contribution in [2.45, 2.75) is 90.5 Å². The Morgan fingerprint density at radius 2 is 1.65 bits per heavy atom. The number of unbranched alkanes of at least 4 members (excludes halogenated alkanes) is 4. The maximum Gasteiger partial charge on any atom is 0.00952 e. The summed E-state index contributed by atoms with van der Waals surface area (Å²) in [6.07, 6.45) is 15.9. The molecule has 1 N–H and O–H groups in total. The van der Waals surface area contributed by atoms with Gasteiger partial charge in [0.25, 0.3) is 0 Å². The lowest BCUT2D eigenvalue weighted by Gasteiger charge is -2.31. The molecule has 0 heterocycles. The Bertz CT molecular complexity index is 161. The van der Waals surface area contributed by atoms with Gasteiger partial charge in [-0.2, -0.15) is 0 Å². The lowest BCUT2D eigenvalue weighted by molar-refractivity contribution is 0.256. The van der Waals surface area contributed by atoms with E-state index in [2.05, 4.69) is 19.2 Å². The van der Waals surface area contributed by atoms with Crippen molar-refractivity contribution in [2.75, 3.05) is 6.54 Å². The molecule has 1 aliphatic rings. The van der Waals surface area contributed by atoms with Crippen molar-refractivity contribution in [3.05, 3.63) is 0 Å². The van der Waals surface area contributed by atoms with E-state index >= 15 is 0 Å². The summed E-state index contributed by atoms with van der Waals surface area (Å²) in [6, 6.07) is 0.821. The minimum Gasteiger partial charge on any atom is -0.314 e. The highest BCUT2D eigenvalue weighted by Crippen LogP contribution is 2.28. The fraction of sp³-hybridized carbons (Fsp3) is 1.00. The molecule has 0 aliphatic heterocycles. The Labute approximate surface area is 109 Å². The molecular formula is C16H33N. The van der Waals surface area contributed by atoms with Gasteiger partial charge < -0.3 is 5.32 Å². The van der Waals surface area contributed by atoms with Crippen LogP contribution in [0, 0.1) is 5.92 Å². The molecule has 1 atom stereocenters. The van der Waals surface area contributed by atoms with Crippen molar-refractivity contribution in [1.82, 2.24) is 5.32 Å². The summed E-state index contributed by atoms with van der Waals surface area (Å²) in [4.78, 5) is 0. The van der Waals surface area contributed by atoms with E-state index in [1.54, 1.807) is 0 Å². The molecule has 1 saturated carbocycles. The second kappa shape index (κ2) is 9.94. The third-order valence-electron chi connectivity index (χ3n) is 4.30. The summed E-state index contributed by atoms with van der Waals surface area (Å²) in [5.41, 5.74) is 0. The molecule has 0 spiro atoms. The highest BCUT2D eigenvalue weighted by atomic mass is 14.9. The zero-order chi connectivity index (χ0) is 12.3. The fourth-order valence-electron chi connectivity index (χ4n) is 3.27. The van der Waals surface area contributed by atoms with Gasteiger partial charge in [-0.05, 0) is 31.7 Å². The molecule has 102 valence electrons. The van der Waals surface area contributed by atoms with E-state index in [-0.39, 0.29) is 0 Å². The second-order valence-corrected chi connectivity index (χ2v) is 5.77. The molecule has 0 bridgehead atoms. The van der Waals surface area contributed by atoms with Crippen LogP contribution in [0.5, 0.6) is 0 Å². The van der Waals surface area contributed by atoms with Crippen molar-refractivity contribution in [3.8, 4) is 0 Å². The SMILES string of the molecule is CCCCCCCC(NCC)C1CCCCC1. The number of rotatable bonds is 9. The fourth-order valence-corrected chi connectivity index (χ4v) is 3.27. The average molecular weight is 239 g/mol. The van der Waals surface area contributed by atoms with Crippen molar-refractivity contribution in [3.63, 3.8) is 0 Å². The number of nitrogens with one attached hydrogen (secondary N) is 1. The highest BCUT2D eigenvalue weighted by Gasteiger charge is 2.22. The molecule has 1 nitrogen and oxygen atoms in total. The predicted molar refractivity (Wildman–Crippen MR) is 77.4 cm³/mol. The third-order valence-corrected chi connectivity index (χ3v) is 4.30. The van der Waals surface area contributed by atoms with Gasteiger partial charge in [-0.25, -0.2) is 0 Å². The molecule has 0 aromatic heterocycles. The van der Waals surface area contributed by atoms with Crippen LogP contribution in [-0.2, 0) is 0 Å². The summed E-state index contributed by atoms with van der Waals surface area (Å²) in [6.45, 7) is 5.70. The molecule has 1 heteroatoms. The molecule has 0 aromatic rings. The Kier molecular flexibility index (Phi) is 8.78. The zero-order valence-electron chi connectivity index (χ0n) is 12.1. The average Bonchev–Trinajstić information content (AvgIpc) is 2.38. The minimum atomic E-state index is 0.821. The summed E-state index contributed by atoms with van der Waals surface area (Å²) < 4.78 is 0. The van der Waals surface area contributed by atoms with Gasteiger partial charge in [0.15, 0.2) is 0 Å². The van der Waals surface area contributed by atoms with Gasteiger partial charge in [-0.1, -0.05) is 65.2 Å². The summed E-state index contributed by atoms with van der Waals surface area (Å²) >= 11 is 0. The van der Waals surface area contributed by atoms with Crippen LogP contribution in [-0.4, -0.2) is 12.6 Å². The highest BCUT2D eigenvalue weighted by molar-refractivity contribution is 4.79. The van der Waals surface area contributed by atoms with Crippen LogP contribution in [0.15, 0.2) is 0 Å². The first-order chi connectivity index (χ1) is 8.38. The molecule has 0 aromatic carbocycles. The normalized spacial score (nSPS) is 19.4. The first kappa shape index (κ1) is 15.0. The second-order valence-electron chi connectivity index (χ2n) is 5.77. The first-order valence-electron chi connectivity index (χ1n) is 8.11. The van der Waals surface area contributed by atoms with Gasteiger partial charge in [-0.3, -0.25) is 0 Å². The summed E-state index contributed by atoms with van der Waals surface area (Å²) in [7, 11) is 0. The molecule has 0 saturated heterocycles. The van der Waals surface area contributed by atoms with E-state index in [0.29, 0.717) is 0 Å². The van der Waals surface area contributed by atoms with Crippen LogP contribution < -0.4 is 5.32 Å². The lowest BCUT2D eigenvalue weighted by atomic mass is 9.82. The van der Waals surface area contributed by atoms with E-state index in [1.807, 2.05) is 0 Å². The Morgan fingerprint density at radius 3 is 2.29 bits per heavy atom. The van der Waals surface area contributed by atoms with Crippen LogP contribution in [0.1, 0.15) is 84.5 Å². The van der Waals surface area contributed by atoms with Crippen molar-refractivity contribution in [2.24, 2.45) is 5.92 Å². The molecule has 0 amide bonds. The molecular weight excluding hydrogens is 206 g/mol. The third kappa shape index (κ3) is 6.45. The number of hydrogen-bond acceptors (Lipinski definition) is 1. The molecule has 17 heavy (non-hydrogen) atoms. The van der Waals surface area contributed by atoms with E-state index in [0.717, 1.165) is 18.5 Å². The quantitative estimate of drug-likeness (QED) is 0.564. The van der Waals surface area contributed by atoms with Crippen molar-refractivity contribution >= 4 is 0 Å². The van der Waals surface area contributed by atoms with Crippen molar-refractivity contribution in [1.29, 1.82) is 0 Å². The van der Waals surface area contributed by atoms with Crippen LogP contribution in [0.25, 0.3) is 0 Å². The summed E-state index contributed by atoms with van der Waals surface area (Å²) in [5.74, 6) is 0.981. The van der Waals surface area contributed by atoms with Gasteiger partial charge in [0.1, 0.15) is 0 Å². The first-order valence-corrected chi connectivity index (χ1v) is 8.11. The molecule has 1 fully saturated rings. The Balaban J connectivity index is 2.17. The maximum absolute atomic E-state index is 3.74. The molecule has 1 unspecified atom stereocenters. The maximum atomic E-state index is 3.74. The van der Waals surface area contributed by atoms with Gasteiger partial charge in [0.2, 0.25) is 0 Å². The van der Waals surface area contributed by atoms with Crippen LogP contribution in [0.4, 0.5) is 0 Å². The van der Waals surface area contributed by atoms with Crippen LogP contribution in [0.2, 0.25) is 0 Å². The number of hydrogen-bond donors (Lipinski definition) is 1. The van der Waals surface area contributed by atoms with E-state index in [9.17, 15) is 0 Å². The van der Waals surface area contributed by atoms with E-state index < -0.39 is 0 Å². The topological polar surface area (TPSA) is 12.0 Å². The molecule has 1 rings (SSSR count). The standard InChI is InChI=1S/C16H33N/c1-3-5-6-7-11-14-16(17-4-2)15-12-9-8-10-13-15/h15-17H,3-14H2,1-2H3. The smallest absolute Gasteiger partial charge is 0.00952 e. The largest absolute Gasteiger partial charge is 0.314 e. The van der Waals surface area contributed by atoms with Gasteiger partial charge in [0.05, 0.1) is 0 Å². The lowest BCUT2D eigenvalue weighted by Crippen LogP contribution is -2.37. The minimum absolute atomic E-state index is 0.821. The van der Waals surface area contributed by atoms with Gasteiger partial charge in [-0.15, -0.1) is 0 Å². The van der Waals surface area contributed by atoms with E-state index in [4.69, 9.17) is 0 Å². The molecule has 1 aliphatic carbocycles. The monoisotopic (exact) mass is 239 g/mol. The van der Waals surface area contributed by atoms with Gasteiger partial charge >= 0.3 is 0 Å². The Morgan fingerprint density at radius 1 is 0.941 bits per heavy atom. The Hall–Kier alpha value is -0.0400. The molecule has 0 radical (unpaired) electrons.